The van der Waals surface area contributed by atoms with Crippen LogP contribution in [0.3, 0.4) is 0 Å². The molecule has 2 aromatic rings. The van der Waals surface area contributed by atoms with Crippen molar-refractivity contribution in [3.63, 3.8) is 0 Å². The lowest BCUT2D eigenvalue weighted by Gasteiger charge is -2.19. The second kappa shape index (κ2) is 7.83. The largest absolute Gasteiger partial charge is 0.488 e. The average Bonchev–Trinajstić information content (AvgIpc) is 3.02. The third-order valence-corrected chi connectivity index (χ3v) is 4.29. The highest BCUT2D eigenvalue weighted by Crippen LogP contribution is 2.27. The number of aromatic nitrogens is 2. The van der Waals surface area contributed by atoms with Crippen molar-refractivity contribution in [3.8, 4) is 18.1 Å². The molecule has 1 aromatic heterocycles. The molecular formula is C19H21N5O2. The predicted molar refractivity (Wildman–Crippen MR) is 97.6 cm³/mol. The van der Waals surface area contributed by atoms with Gasteiger partial charge in [-0.15, -0.1) is 6.42 Å². The molecule has 7 heteroatoms. The van der Waals surface area contributed by atoms with Gasteiger partial charge in [-0.1, -0.05) is 36.3 Å². The zero-order valence-corrected chi connectivity index (χ0v) is 14.9. The van der Waals surface area contributed by atoms with Crippen LogP contribution in [0.4, 0.5) is 5.82 Å². The number of nitrogens with one attached hydrogen (secondary N) is 1. The minimum absolute atomic E-state index is 0.159. The Morgan fingerprint density at radius 1 is 1.42 bits per heavy atom. The first kappa shape index (κ1) is 17.7. The van der Waals surface area contributed by atoms with Crippen molar-refractivity contribution < 1.29 is 9.53 Å². The van der Waals surface area contributed by atoms with E-state index in [-0.39, 0.29) is 18.4 Å². The van der Waals surface area contributed by atoms with E-state index in [1.165, 1.54) is 5.01 Å². The number of benzene rings is 1. The fourth-order valence-corrected chi connectivity index (χ4v) is 2.74. The van der Waals surface area contributed by atoms with Crippen LogP contribution >= 0.6 is 0 Å². The van der Waals surface area contributed by atoms with Crippen molar-refractivity contribution in [3.05, 3.63) is 41.1 Å². The standard InChI is InChI=1S/C19H21N5O2/c1-4-16-15(12-26-17-8-6-5-7-14(17)3)19(22-21-16)24-18(25)11-13(2)9-10-20-23-24/h1,5-8,13H,9-12H2,2-3H3,(H,21,22)/b23-20-. The van der Waals surface area contributed by atoms with Gasteiger partial charge in [0.15, 0.2) is 5.82 Å². The number of amides is 1. The molecule has 134 valence electrons. The van der Waals surface area contributed by atoms with Gasteiger partial charge >= 0.3 is 0 Å². The van der Waals surface area contributed by atoms with E-state index in [0.29, 0.717) is 30.0 Å². The van der Waals surface area contributed by atoms with E-state index in [4.69, 9.17) is 11.2 Å². The molecule has 0 saturated heterocycles. The topological polar surface area (TPSA) is 82.9 Å². The molecule has 1 amide bonds. The first-order chi connectivity index (χ1) is 12.6. The van der Waals surface area contributed by atoms with Crippen LogP contribution in [-0.4, -0.2) is 22.6 Å². The summed E-state index contributed by atoms with van der Waals surface area (Å²) >= 11 is 0. The van der Waals surface area contributed by atoms with E-state index in [1.54, 1.807) is 0 Å². The van der Waals surface area contributed by atoms with Crippen LogP contribution in [0.1, 0.15) is 36.6 Å². The first-order valence-electron chi connectivity index (χ1n) is 8.52. The van der Waals surface area contributed by atoms with E-state index in [9.17, 15) is 4.79 Å². The lowest BCUT2D eigenvalue weighted by molar-refractivity contribution is -0.119. The van der Waals surface area contributed by atoms with Gasteiger partial charge in [0.05, 0.1) is 12.1 Å². The van der Waals surface area contributed by atoms with Gasteiger partial charge in [-0.05, 0) is 30.9 Å². The van der Waals surface area contributed by atoms with Gasteiger partial charge in [-0.2, -0.15) is 15.2 Å². The summed E-state index contributed by atoms with van der Waals surface area (Å²) in [7, 11) is 0. The molecule has 0 saturated carbocycles. The lowest BCUT2D eigenvalue weighted by Crippen LogP contribution is -2.29. The number of aryl methyl sites for hydroxylation is 1. The summed E-state index contributed by atoms with van der Waals surface area (Å²) in [5.41, 5.74) is 2.08. The third kappa shape index (κ3) is 3.75. The predicted octanol–water partition coefficient (Wildman–Crippen LogP) is 3.41. The number of H-pyrrole nitrogens is 1. The molecule has 7 nitrogen and oxygen atoms in total. The smallest absolute Gasteiger partial charge is 0.250 e. The Morgan fingerprint density at radius 2 is 2.23 bits per heavy atom. The molecule has 3 rings (SSSR count). The van der Waals surface area contributed by atoms with Gasteiger partial charge in [0.25, 0.3) is 5.91 Å². The van der Waals surface area contributed by atoms with Gasteiger partial charge in [0, 0.05) is 6.42 Å². The molecular weight excluding hydrogens is 330 g/mol. The number of carbonyl (C=O) groups excluding carboxylic acids is 1. The van der Waals surface area contributed by atoms with Crippen molar-refractivity contribution in [2.24, 2.45) is 16.3 Å². The summed E-state index contributed by atoms with van der Waals surface area (Å²) in [5, 5.41) is 16.3. The number of hydrogen-bond acceptors (Lipinski definition) is 5. The maximum Gasteiger partial charge on any atom is 0.250 e. The summed E-state index contributed by atoms with van der Waals surface area (Å²) < 4.78 is 5.90. The normalized spacial score (nSPS) is 18.7. The maximum absolute atomic E-state index is 12.6. The molecule has 0 spiro atoms. The van der Waals surface area contributed by atoms with Crippen LogP contribution in [0, 0.1) is 25.2 Å². The van der Waals surface area contributed by atoms with Gasteiger partial charge in [-0.3, -0.25) is 9.89 Å². The van der Waals surface area contributed by atoms with Crippen LogP contribution in [0.25, 0.3) is 0 Å². The lowest BCUT2D eigenvalue weighted by atomic mass is 10.0. The Kier molecular flexibility index (Phi) is 5.32. The molecule has 26 heavy (non-hydrogen) atoms. The highest BCUT2D eigenvalue weighted by Gasteiger charge is 2.26. The number of para-hydroxylation sites is 1. The van der Waals surface area contributed by atoms with Crippen LogP contribution < -0.4 is 9.75 Å². The summed E-state index contributed by atoms with van der Waals surface area (Å²) in [6.45, 7) is 4.74. The van der Waals surface area contributed by atoms with Gasteiger partial charge < -0.3 is 4.74 Å². The Balaban J connectivity index is 1.90. The summed E-state index contributed by atoms with van der Waals surface area (Å²) in [5.74, 6) is 3.72. The molecule has 1 aromatic carbocycles. The Labute approximate surface area is 152 Å². The number of ether oxygens (including phenoxy) is 1. The highest BCUT2D eigenvalue weighted by atomic mass is 16.5. The van der Waals surface area contributed by atoms with E-state index in [2.05, 4.69) is 26.5 Å². The fraction of sp³-hybridized carbons (Fsp3) is 0.368. The number of rotatable bonds is 4. The second-order valence-corrected chi connectivity index (χ2v) is 6.36. The summed E-state index contributed by atoms with van der Waals surface area (Å²) in [4.78, 5) is 12.6. The van der Waals surface area contributed by atoms with Crippen molar-refractivity contribution in [2.75, 3.05) is 11.6 Å². The number of hydrogen-bond donors (Lipinski definition) is 1. The number of terminal acetylenes is 1. The van der Waals surface area contributed by atoms with Crippen molar-refractivity contribution in [2.45, 2.75) is 33.3 Å². The van der Waals surface area contributed by atoms with Crippen molar-refractivity contribution >= 4 is 11.7 Å². The van der Waals surface area contributed by atoms with E-state index >= 15 is 0 Å². The average molecular weight is 351 g/mol. The quantitative estimate of drug-likeness (QED) is 0.857. The number of aromatic amines is 1. The zero-order valence-electron chi connectivity index (χ0n) is 14.9. The molecule has 0 bridgehead atoms. The first-order valence-corrected chi connectivity index (χ1v) is 8.52. The summed E-state index contributed by atoms with van der Waals surface area (Å²) in [6, 6.07) is 7.69. The van der Waals surface area contributed by atoms with Crippen LogP contribution in [0.5, 0.6) is 5.75 Å². The molecule has 1 aliphatic rings. The minimum Gasteiger partial charge on any atom is -0.488 e. The fourth-order valence-electron chi connectivity index (χ4n) is 2.74. The number of anilines is 1. The molecule has 1 atom stereocenters. The Bertz CT molecular complexity index is 865. The Morgan fingerprint density at radius 3 is 3.00 bits per heavy atom. The molecule has 1 N–H and O–H groups in total. The maximum atomic E-state index is 12.6. The van der Waals surface area contributed by atoms with E-state index in [1.807, 2.05) is 38.1 Å². The number of carbonyl (C=O) groups is 1. The second-order valence-electron chi connectivity index (χ2n) is 6.36. The van der Waals surface area contributed by atoms with Crippen molar-refractivity contribution in [1.29, 1.82) is 0 Å². The molecule has 1 unspecified atom stereocenters. The SMILES string of the molecule is C#Cc1[nH]nc(N2/N=N\CCC(C)CC2=O)c1COc1ccccc1C. The molecule has 0 aliphatic carbocycles. The third-order valence-electron chi connectivity index (χ3n) is 4.29. The van der Waals surface area contributed by atoms with Gasteiger partial charge in [0.2, 0.25) is 0 Å². The molecule has 0 fully saturated rings. The van der Waals surface area contributed by atoms with Crippen LogP contribution in [-0.2, 0) is 11.4 Å². The highest BCUT2D eigenvalue weighted by molar-refractivity contribution is 5.92. The monoisotopic (exact) mass is 351 g/mol. The zero-order chi connectivity index (χ0) is 18.5. The van der Waals surface area contributed by atoms with Crippen LogP contribution in [0.15, 0.2) is 34.6 Å². The van der Waals surface area contributed by atoms with Gasteiger partial charge in [0.1, 0.15) is 18.1 Å². The van der Waals surface area contributed by atoms with E-state index in [0.717, 1.165) is 17.7 Å². The Hall–Kier alpha value is -3.14. The van der Waals surface area contributed by atoms with Gasteiger partial charge in [-0.25, -0.2) is 0 Å². The molecule has 1 aliphatic heterocycles. The van der Waals surface area contributed by atoms with Crippen LogP contribution in [0.2, 0.25) is 0 Å². The number of nitrogens with zero attached hydrogens (tertiary/aromatic N) is 4. The molecule has 2 heterocycles. The minimum atomic E-state index is -0.159. The van der Waals surface area contributed by atoms with E-state index < -0.39 is 0 Å². The summed E-state index contributed by atoms with van der Waals surface area (Å²) in [6.07, 6.45) is 6.79. The molecule has 0 radical (unpaired) electrons. The van der Waals surface area contributed by atoms with Crippen molar-refractivity contribution in [1.82, 2.24) is 10.2 Å².